The minimum atomic E-state index is -0.961. The summed E-state index contributed by atoms with van der Waals surface area (Å²) in [6.45, 7) is 3.86. The molecule has 7 heteroatoms. The summed E-state index contributed by atoms with van der Waals surface area (Å²) in [5.41, 5.74) is 0.265. The van der Waals surface area contributed by atoms with Crippen LogP contribution in [0.2, 0.25) is 0 Å². The van der Waals surface area contributed by atoms with E-state index in [-0.39, 0.29) is 36.0 Å². The van der Waals surface area contributed by atoms with Crippen LogP contribution in [-0.2, 0) is 25.5 Å². The summed E-state index contributed by atoms with van der Waals surface area (Å²) < 4.78 is 12.1. The van der Waals surface area contributed by atoms with Crippen molar-refractivity contribution in [2.45, 2.75) is 62.9 Å². The molecule has 4 aliphatic heterocycles. The van der Waals surface area contributed by atoms with Gasteiger partial charge in [-0.05, 0) is 37.5 Å². The number of hydrogen-bond donors (Lipinski definition) is 1. The Morgan fingerprint density at radius 2 is 2.00 bits per heavy atom. The number of carbonyl (C=O) groups excluding carboxylic acids is 3. The number of ketones is 1. The van der Waals surface area contributed by atoms with Gasteiger partial charge in [0.15, 0.2) is 0 Å². The maximum Gasteiger partial charge on any atom is 0.230 e. The van der Waals surface area contributed by atoms with E-state index in [9.17, 15) is 14.4 Å². The Morgan fingerprint density at radius 3 is 2.74 bits per heavy atom. The van der Waals surface area contributed by atoms with Gasteiger partial charge in [0.1, 0.15) is 17.1 Å². The first-order valence-corrected chi connectivity index (χ1v) is 12.5. The molecule has 1 aromatic heterocycles. The largest absolute Gasteiger partial charge is 0.467 e. The number of Topliss-reactive ketones (excluding diaryl/α,β-unsaturated/α-hetero) is 1. The van der Waals surface area contributed by atoms with Crippen molar-refractivity contribution in [1.82, 2.24) is 10.2 Å². The first-order chi connectivity index (χ1) is 16.9. The molecule has 35 heavy (non-hydrogen) atoms. The Hall–Kier alpha value is -3.19. The van der Waals surface area contributed by atoms with Crippen LogP contribution in [0.1, 0.15) is 44.1 Å². The predicted molar refractivity (Wildman–Crippen MR) is 127 cm³/mol. The lowest BCUT2D eigenvalue weighted by Crippen LogP contribution is -2.55. The monoisotopic (exact) mass is 474 g/mol. The van der Waals surface area contributed by atoms with Crippen LogP contribution in [0.5, 0.6) is 0 Å². The molecule has 5 heterocycles. The molecule has 0 unspecified atom stereocenters. The van der Waals surface area contributed by atoms with Crippen molar-refractivity contribution in [2.24, 2.45) is 17.8 Å². The van der Waals surface area contributed by atoms with Crippen molar-refractivity contribution in [3.8, 4) is 0 Å². The molecule has 2 bridgehead atoms. The smallest absolute Gasteiger partial charge is 0.230 e. The van der Waals surface area contributed by atoms with Crippen molar-refractivity contribution in [3.05, 3.63) is 72.2 Å². The molecule has 8 atom stereocenters. The third-order valence-corrected chi connectivity index (χ3v) is 8.35. The molecule has 4 aliphatic rings. The SMILES string of the molecule is C[C@@H](CCc1ccccc1)NC(=O)[C@@H]1[C@H]2C(=O)N3[C@@H](c4ccco4)CC(=O)[C@H](C)[C@@H]3[C@]23C=C[C@H]1O3. The highest BCUT2D eigenvalue weighted by molar-refractivity contribution is 5.96. The van der Waals surface area contributed by atoms with Crippen molar-refractivity contribution < 1.29 is 23.5 Å². The minimum absolute atomic E-state index is 0.0442. The normalized spacial score (nSPS) is 35.8. The number of aryl methyl sites for hydroxylation is 1. The molecule has 7 nitrogen and oxygen atoms in total. The van der Waals surface area contributed by atoms with Gasteiger partial charge in [-0.2, -0.15) is 0 Å². The molecule has 1 N–H and O–H groups in total. The third-order valence-electron chi connectivity index (χ3n) is 8.35. The Morgan fingerprint density at radius 1 is 1.20 bits per heavy atom. The summed E-state index contributed by atoms with van der Waals surface area (Å²) in [5.74, 6) is -1.25. The number of nitrogens with one attached hydrogen (secondary N) is 1. The van der Waals surface area contributed by atoms with E-state index in [0.29, 0.717) is 5.76 Å². The summed E-state index contributed by atoms with van der Waals surface area (Å²) in [7, 11) is 0. The van der Waals surface area contributed by atoms with E-state index in [4.69, 9.17) is 9.15 Å². The average molecular weight is 475 g/mol. The number of nitrogens with zero attached hydrogens (tertiary/aromatic N) is 1. The quantitative estimate of drug-likeness (QED) is 0.650. The molecule has 0 radical (unpaired) electrons. The summed E-state index contributed by atoms with van der Waals surface area (Å²) in [5, 5.41) is 3.14. The molecule has 6 rings (SSSR count). The first-order valence-electron chi connectivity index (χ1n) is 12.5. The number of fused-ring (bicyclic) bond motifs is 2. The van der Waals surface area contributed by atoms with E-state index in [1.54, 1.807) is 23.3 Å². The Kier molecular flexibility index (Phi) is 5.22. The second kappa shape index (κ2) is 8.19. The lowest BCUT2D eigenvalue weighted by atomic mass is 9.70. The lowest BCUT2D eigenvalue weighted by molar-refractivity contribution is -0.148. The average Bonchev–Trinajstić information content (AvgIpc) is 3.63. The number of hydrogen-bond acceptors (Lipinski definition) is 5. The van der Waals surface area contributed by atoms with Gasteiger partial charge in [0, 0.05) is 18.4 Å². The van der Waals surface area contributed by atoms with Gasteiger partial charge < -0.3 is 19.4 Å². The van der Waals surface area contributed by atoms with Crippen molar-refractivity contribution in [1.29, 1.82) is 0 Å². The van der Waals surface area contributed by atoms with Gasteiger partial charge in [-0.25, -0.2) is 0 Å². The van der Waals surface area contributed by atoms with E-state index in [2.05, 4.69) is 17.4 Å². The third kappa shape index (κ3) is 3.32. The standard InChI is InChI=1S/C28H30N2O5/c1-16(10-11-18-7-4-3-5-8-18)29-26(32)23-22-12-13-28(35-22)24(23)27(33)30-19(21-9-6-14-34-21)15-20(31)17(2)25(28)30/h3-9,12-14,16-17,19,22-25H,10-11,15H2,1-2H3,(H,29,32)/t16-,17-,19+,22+,23-,24-,25+,28-/m0/s1. The number of carbonyl (C=O) groups is 3. The van der Waals surface area contributed by atoms with Gasteiger partial charge in [0.2, 0.25) is 11.8 Å². The Labute approximate surface area is 204 Å². The van der Waals surface area contributed by atoms with Gasteiger partial charge in [0.05, 0.1) is 36.3 Å². The number of ether oxygens (including phenoxy) is 1. The fourth-order valence-electron chi connectivity index (χ4n) is 6.70. The summed E-state index contributed by atoms with van der Waals surface area (Å²) >= 11 is 0. The zero-order valence-electron chi connectivity index (χ0n) is 19.9. The van der Waals surface area contributed by atoms with Gasteiger partial charge in [-0.15, -0.1) is 0 Å². The molecule has 2 aromatic rings. The van der Waals surface area contributed by atoms with E-state index < -0.39 is 35.6 Å². The zero-order valence-corrected chi connectivity index (χ0v) is 19.9. The van der Waals surface area contributed by atoms with E-state index in [1.807, 2.05) is 44.2 Å². The fourth-order valence-corrected chi connectivity index (χ4v) is 6.70. The molecule has 2 amide bonds. The molecule has 3 fully saturated rings. The van der Waals surface area contributed by atoms with Crippen molar-refractivity contribution >= 4 is 17.6 Å². The van der Waals surface area contributed by atoms with Crippen LogP contribution < -0.4 is 5.32 Å². The van der Waals surface area contributed by atoms with Crippen LogP contribution in [0.25, 0.3) is 0 Å². The number of benzene rings is 1. The summed E-state index contributed by atoms with van der Waals surface area (Å²) in [6.07, 6.45) is 6.80. The van der Waals surface area contributed by atoms with E-state index in [1.165, 1.54) is 5.56 Å². The highest BCUT2D eigenvalue weighted by atomic mass is 16.5. The van der Waals surface area contributed by atoms with E-state index in [0.717, 1.165) is 12.8 Å². The number of furan rings is 1. The highest BCUT2D eigenvalue weighted by Gasteiger charge is 2.74. The van der Waals surface area contributed by atoms with Gasteiger partial charge in [-0.3, -0.25) is 14.4 Å². The second-order valence-electron chi connectivity index (χ2n) is 10.4. The maximum atomic E-state index is 14.0. The Bertz CT molecular complexity index is 1180. The van der Waals surface area contributed by atoms with Gasteiger partial charge in [-0.1, -0.05) is 49.4 Å². The second-order valence-corrected chi connectivity index (χ2v) is 10.4. The van der Waals surface area contributed by atoms with Crippen LogP contribution >= 0.6 is 0 Å². The zero-order chi connectivity index (χ0) is 24.3. The Balaban J connectivity index is 1.25. The first kappa shape index (κ1) is 22.3. The molecule has 0 saturated carbocycles. The maximum absolute atomic E-state index is 14.0. The van der Waals surface area contributed by atoms with Crippen LogP contribution in [-0.4, -0.2) is 46.3 Å². The summed E-state index contributed by atoms with van der Waals surface area (Å²) in [6, 6.07) is 12.8. The van der Waals surface area contributed by atoms with Gasteiger partial charge in [0.25, 0.3) is 0 Å². The number of piperidine rings is 1. The number of amides is 2. The van der Waals surface area contributed by atoms with Crippen LogP contribution in [0.15, 0.2) is 65.3 Å². The fraction of sp³-hybridized carbons (Fsp3) is 0.464. The molecule has 3 saturated heterocycles. The molecule has 182 valence electrons. The van der Waals surface area contributed by atoms with Gasteiger partial charge >= 0.3 is 0 Å². The van der Waals surface area contributed by atoms with Crippen LogP contribution in [0.4, 0.5) is 0 Å². The number of rotatable bonds is 6. The highest BCUT2D eigenvalue weighted by Crippen LogP contribution is 2.59. The van der Waals surface area contributed by atoms with E-state index >= 15 is 0 Å². The molecular weight excluding hydrogens is 444 g/mol. The van der Waals surface area contributed by atoms with Crippen LogP contribution in [0.3, 0.4) is 0 Å². The van der Waals surface area contributed by atoms with Crippen LogP contribution in [0, 0.1) is 17.8 Å². The molecular formula is C28H30N2O5. The van der Waals surface area contributed by atoms with Crippen molar-refractivity contribution in [2.75, 3.05) is 0 Å². The molecule has 1 spiro atoms. The minimum Gasteiger partial charge on any atom is -0.467 e. The molecule has 1 aromatic carbocycles. The predicted octanol–water partition coefficient (Wildman–Crippen LogP) is 3.22. The molecule has 0 aliphatic carbocycles. The van der Waals surface area contributed by atoms with Crippen molar-refractivity contribution in [3.63, 3.8) is 0 Å². The topological polar surface area (TPSA) is 88.9 Å². The lowest BCUT2D eigenvalue weighted by Gasteiger charge is -2.43. The summed E-state index contributed by atoms with van der Waals surface area (Å²) in [4.78, 5) is 42.3.